The van der Waals surface area contributed by atoms with E-state index < -0.39 is 47.1 Å². The minimum atomic E-state index is -4.96. The predicted octanol–water partition coefficient (Wildman–Crippen LogP) is 5.61. The highest BCUT2D eigenvalue weighted by atomic mass is 19.4. The molecular formula is C23H23F6N3O. The molecule has 33 heavy (non-hydrogen) atoms. The van der Waals surface area contributed by atoms with Gasteiger partial charge in [0.15, 0.2) is 0 Å². The Bertz CT molecular complexity index is 1020. The second-order valence-electron chi connectivity index (χ2n) is 8.89. The molecule has 2 aromatic rings. The molecule has 4 atom stereocenters. The number of nitrogens with zero attached hydrogens (tertiary/aromatic N) is 2. The van der Waals surface area contributed by atoms with Gasteiger partial charge < -0.3 is 15.5 Å². The van der Waals surface area contributed by atoms with Gasteiger partial charge in [0.25, 0.3) is 0 Å². The van der Waals surface area contributed by atoms with E-state index in [4.69, 9.17) is 5.73 Å². The van der Waals surface area contributed by atoms with Crippen molar-refractivity contribution in [1.29, 1.82) is 0 Å². The van der Waals surface area contributed by atoms with Crippen LogP contribution < -0.4 is 5.73 Å². The van der Waals surface area contributed by atoms with Crippen LogP contribution in [0.3, 0.4) is 0 Å². The molecule has 2 aliphatic rings. The number of hydrogen-bond donors (Lipinski definition) is 1. The highest BCUT2D eigenvalue weighted by Gasteiger charge is 2.65. The third-order valence-corrected chi connectivity index (χ3v) is 6.77. The zero-order valence-corrected chi connectivity index (χ0v) is 17.9. The molecule has 178 valence electrons. The Morgan fingerprint density at radius 1 is 1.06 bits per heavy atom. The molecule has 1 aliphatic carbocycles. The third-order valence-electron chi connectivity index (χ3n) is 6.77. The molecule has 0 radical (unpaired) electrons. The highest BCUT2D eigenvalue weighted by molar-refractivity contribution is 5.76. The van der Waals surface area contributed by atoms with Crippen LogP contribution in [0.1, 0.15) is 47.7 Å². The van der Waals surface area contributed by atoms with Gasteiger partial charge in [-0.2, -0.15) is 26.3 Å². The van der Waals surface area contributed by atoms with E-state index >= 15 is 0 Å². The Labute approximate surface area is 187 Å². The maximum absolute atomic E-state index is 13.4. The fourth-order valence-electron chi connectivity index (χ4n) is 4.70. The lowest BCUT2D eigenvalue weighted by atomic mass is 9.97. The first-order valence-corrected chi connectivity index (χ1v) is 10.4. The molecule has 10 heteroatoms. The summed E-state index contributed by atoms with van der Waals surface area (Å²) in [5.74, 6) is 0.0979. The van der Waals surface area contributed by atoms with Crippen molar-refractivity contribution in [3.63, 3.8) is 0 Å². The highest BCUT2D eigenvalue weighted by Crippen LogP contribution is 2.58. The molecular weight excluding hydrogens is 448 g/mol. The van der Waals surface area contributed by atoms with Crippen molar-refractivity contribution in [2.24, 2.45) is 11.7 Å². The number of likely N-dealkylation sites (tertiary alicyclic amines) is 1. The van der Waals surface area contributed by atoms with E-state index in [1.54, 1.807) is 4.90 Å². The minimum Gasteiger partial charge on any atom is -0.323 e. The fraction of sp³-hybridized carbons (Fsp3) is 0.435. The first-order valence-electron chi connectivity index (χ1n) is 10.4. The molecule has 0 bridgehead atoms. The number of carbonyl (C=O) groups is 1. The summed E-state index contributed by atoms with van der Waals surface area (Å²) in [5.41, 5.74) is 3.70. The van der Waals surface area contributed by atoms with Gasteiger partial charge in [-0.15, -0.1) is 0 Å². The summed E-state index contributed by atoms with van der Waals surface area (Å²) in [6.45, 7) is 1.78. The zero-order valence-electron chi connectivity index (χ0n) is 17.9. The number of halogens is 6. The summed E-state index contributed by atoms with van der Waals surface area (Å²) in [5, 5.41) is 0. The van der Waals surface area contributed by atoms with Gasteiger partial charge in [0, 0.05) is 19.1 Å². The molecule has 4 nitrogen and oxygen atoms in total. The predicted molar refractivity (Wildman–Crippen MR) is 109 cm³/mol. The van der Waals surface area contributed by atoms with Crippen molar-refractivity contribution in [3.05, 3.63) is 70.8 Å². The number of carbonyl (C=O) groups excluding carboxylic acids is 1. The number of hydrogen-bond acceptors (Lipinski definition) is 2. The third kappa shape index (κ3) is 4.16. The second-order valence-corrected chi connectivity index (χ2v) is 8.89. The molecule has 1 heterocycles. The fourth-order valence-corrected chi connectivity index (χ4v) is 4.70. The van der Waals surface area contributed by atoms with Crippen LogP contribution in [0.15, 0.2) is 48.5 Å². The summed E-state index contributed by atoms with van der Waals surface area (Å²) >= 11 is 0. The van der Waals surface area contributed by atoms with Gasteiger partial charge in [-0.05, 0) is 48.6 Å². The van der Waals surface area contributed by atoms with Crippen molar-refractivity contribution >= 4 is 6.03 Å². The van der Waals surface area contributed by atoms with Crippen molar-refractivity contribution in [3.8, 4) is 0 Å². The van der Waals surface area contributed by atoms with E-state index in [-0.39, 0.29) is 17.5 Å². The maximum Gasteiger partial charge on any atom is 0.416 e. The lowest BCUT2D eigenvalue weighted by Crippen LogP contribution is -2.46. The first-order chi connectivity index (χ1) is 15.2. The Hall–Kier alpha value is -2.75. The van der Waals surface area contributed by atoms with Crippen molar-refractivity contribution in [1.82, 2.24) is 9.80 Å². The number of amides is 2. The van der Waals surface area contributed by atoms with E-state index in [1.165, 1.54) is 18.9 Å². The van der Waals surface area contributed by atoms with Crippen molar-refractivity contribution < 1.29 is 31.1 Å². The molecule has 2 amide bonds. The van der Waals surface area contributed by atoms with E-state index in [2.05, 4.69) is 0 Å². The van der Waals surface area contributed by atoms with Crippen LogP contribution in [0.25, 0.3) is 0 Å². The molecule has 0 spiro atoms. The number of urea groups is 1. The van der Waals surface area contributed by atoms with E-state index in [1.807, 2.05) is 30.3 Å². The van der Waals surface area contributed by atoms with Gasteiger partial charge in [0.05, 0.1) is 23.2 Å². The quantitative estimate of drug-likeness (QED) is 0.592. The van der Waals surface area contributed by atoms with Crippen molar-refractivity contribution in [2.75, 3.05) is 13.6 Å². The van der Waals surface area contributed by atoms with Gasteiger partial charge in [-0.25, -0.2) is 4.79 Å². The molecule has 2 N–H and O–H groups in total. The number of benzene rings is 2. The lowest BCUT2D eigenvalue weighted by Gasteiger charge is -2.36. The van der Waals surface area contributed by atoms with Crippen LogP contribution in [-0.4, -0.2) is 35.0 Å². The van der Waals surface area contributed by atoms with Gasteiger partial charge in [-0.3, -0.25) is 0 Å². The molecule has 1 saturated carbocycles. The van der Waals surface area contributed by atoms with Gasteiger partial charge >= 0.3 is 18.4 Å². The molecule has 2 fully saturated rings. The molecule has 1 unspecified atom stereocenters. The van der Waals surface area contributed by atoms with Crippen LogP contribution >= 0.6 is 0 Å². The Balaban J connectivity index is 1.64. The molecule has 4 rings (SSSR count). The normalized spacial score (nSPS) is 25.5. The van der Waals surface area contributed by atoms with Crippen LogP contribution in [-0.2, 0) is 12.4 Å². The molecule has 1 saturated heterocycles. The number of alkyl halides is 6. The Morgan fingerprint density at radius 3 is 2.12 bits per heavy atom. The van der Waals surface area contributed by atoms with E-state index in [0.29, 0.717) is 18.7 Å². The van der Waals surface area contributed by atoms with Crippen LogP contribution in [0.2, 0.25) is 0 Å². The molecule has 1 aliphatic heterocycles. The van der Waals surface area contributed by atoms with Crippen LogP contribution in [0.4, 0.5) is 31.1 Å². The zero-order chi connectivity index (χ0) is 24.3. The summed E-state index contributed by atoms with van der Waals surface area (Å²) in [7, 11) is 1.37. The summed E-state index contributed by atoms with van der Waals surface area (Å²) in [6.07, 6.45) is -9.17. The summed E-state index contributed by atoms with van der Waals surface area (Å²) in [6, 6.07) is 8.62. The standard InChI is InChI=1S/C23H23F6N3O/c1-13(15-8-16(22(24,25)26)10-17(9-15)23(27,28)29)31(2)20(33)32-12-18-11-21(18,30)19(32)14-6-4-3-5-7-14/h3-10,13,18-19H,11-12,30H2,1-2H3/t13?,18-,19+,21+/m1/s1. The topological polar surface area (TPSA) is 49.6 Å². The summed E-state index contributed by atoms with van der Waals surface area (Å²) in [4.78, 5) is 16.1. The smallest absolute Gasteiger partial charge is 0.323 e. The van der Waals surface area contributed by atoms with Gasteiger partial charge in [0.2, 0.25) is 0 Å². The largest absolute Gasteiger partial charge is 0.416 e. The lowest BCUT2D eigenvalue weighted by molar-refractivity contribution is -0.143. The number of nitrogens with two attached hydrogens (primary N) is 1. The molecule has 0 aromatic heterocycles. The SMILES string of the molecule is CC(c1cc(C(F)(F)F)cc(C(F)(F)F)c1)N(C)C(=O)N1C[C@H]2C[C@@]2(N)[C@@H]1c1ccccc1. The monoisotopic (exact) mass is 471 g/mol. The van der Waals surface area contributed by atoms with E-state index in [0.717, 1.165) is 12.0 Å². The van der Waals surface area contributed by atoms with Crippen LogP contribution in [0.5, 0.6) is 0 Å². The average molecular weight is 471 g/mol. The number of piperidine rings is 1. The first kappa shape index (κ1) is 23.4. The average Bonchev–Trinajstić information content (AvgIpc) is 3.31. The van der Waals surface area contributed by atoms with Gasteiger partial charge in [0.1, 0.15) is 0 Å². The molecule has 2 aromatic carbocycles. The Kier molecular flexibility index (Phi) is 5.42. The number of rotatable bonds is 3. The minimum absolute atomic E-state index is 0.0790. The van der Waals surface area contributed by atoms with Crippen LogP contribution in [0, 0.1) is 5.92 Å². The van der Waals surface area contributed by atoms with Crippen molar-refractivity contribution in [2.45, 2.75) is 43.3 Å². The van der Waals surface area contributed by atoms with E-state index in [9.17, 15) is 31.1 Å². The second kappa shape index (κ2) is 7.65. The van der Waals surface area contributed by atoms with Gasteiger partial charge in [-0.1, -0.05) is 30.3 Å². The summed E-state index contributed by atoms with van der Waals surface area (Å²) < 4.78 is 79.6. The number of fused-ring (bicyclic) bond motifs is 1. The Morgan fingerprint density at radius 2 is 1.61 bits per heavy atom. The maximum atomic E-state index is 13.4.